The van der Waals surface area contributed by atoms with Gasteiger partial charge in [0.05, 0.1) is 17.5 Å². The molecule has 1 amide bonds. The molecule has 116 valence electrons. The van der Waals surface area contributed by atoms with E-state index in [1.54, 1.807) is 12.1 Å². The molecule has 0 aliphatic carbocycles. The molecule has 0 unspecified atom stereocenters. The normalized spacial score (nSPS) is 19.8. The molecule has 0 bridgehead atoms. The molecule has 4 rings (SSSR count). The number of benzene rings is 2. The van der Waals surface area contributed by atoms with Gasteiger partial charge in [-0.3, -0.25) is 19.8 Å². The van der Waals surface area contributed by atoms with Crippen LogP contribution in [-0.2, 0) is 11.2 Å². The Morgan fingerprint density at radius 1 is 1.17 bits per heavy atom. The molecule has 0 spiro atoms. The van der Waals surface area contributed by atoms with Crippen molar-refractivity contribution in [1.29, 1.82) is 0 Å². The van der Waals surface area contributed by atoms with Crippen molar-refractivity contribution in [2.75, 3.05) is 18.4 Å². The number of hydrogen-bond acceptors (Lipinski definition) is 4. The van der Waals surface area contributed by atoms with Crippen LogP contribution in [0, 0.1) is 10.1 Å². The maximum absolute atomic E-state index is 12.1. The first-order valence-corrected chi connectivity index (χ1v) is 7.53. The Bertz CT molecular complexity index is 818. The highest BCUT2D eigenvalue weighted by Crippen LogP contribution is 2.41. The molecule has 0 aromatic heterocycles. The number of anilines is 1. The van der Waals surface area contributed by atoms with Gasteiger partial charge in [-0.15, -0.1) is 0 Å². The standard InChI is InChI=1S/C17H15N3O3/c21-16-10-19-8-7-11-3-1-2-4-13(11)17(19)14-9-12(20(22)23)5-6-15(14)18-16/h1-6,9,17H,7-8,10H2,(H,18,21)/t17-/m0/s1. The second-order valence-corrected chi connectivity index (χ2v) is 5.90. The highest BCUT2D eigenvalue weighted by molar-refractivity contribution is 5.94. The lowest BCUT2D eigenvalue weighted by atomic mass is 9.87. The van der Waals surface area contributed by atoms with Gasteiger partial charge in [0, 0.05) is 29.9 Å². The number of fused-ring (bicyclic) bond motifs is 5. The molecule has 6 heteroatoms. The van der Waals surface area contributed by atoms with E-state index in [0.717, 1.165) is 24.1 Å². The van der Waals surface area contributed by atoms with E-state index in [1.165, 1.54) is 11.6 Å². The van der Waals surface area contributed by atoms with Crippen molar-refractivity contribution in [3.63, 3.8) is 0 Å². The topological polar surface area (TPSA) is 75.5 Å². The van der Waals surface area contributed by atoms with Crippen molar-refractivity contribution in [1.82, 2.24) is 4.90 Å². The third-order valence-electron chi connectivity index (χ3n) is 4.54. The Labute approximate surface area is 132 Å². The maximum atomic E-state index is 12.1. The minimum atomic E-state index is -0.397. The highest BCUT2D eigenvalue weighted by Gasteiger charge is 2.34. The lowest BCUT2D eigenvalue weighted by molar-refractivity contribution is -0.384. The smallest absolute Gasteiger partial charge is 0.269 e. The maximum Gasteiger partial charge on any atom is 0.269 e. The van der Waals surface area contributed by atoms with E-state index in [0.29, 0.717) is 12.2 Å². The lowest BCUT2D eigenvalue weighted by Crippen LogP contribution is -2.38. The summed E-state index contributed by atoms with van der Waals surface area (Å²) in [7, 11) is 0. The molecule has 0 saturated carbocycles. The van der Waals surface area contributed by atoms with Gasteiger partial charge in [0.15, 0.2) is 0 Å². The summed E-state index contributed by atoms with van der Waals surface area (Å²) in [6.07, 6.45) is 0.879. The monoisotopic (exact) mass is 309 g/mol. The number of nitro benzene ring substituents is 1. The Hall–Kier alpha value is -2.73. The van der Waals surface area contributed by atoms with Crippen molar-refractivity contribution in [3.05, 3.63) is 69.3 Å². The summed E-state index contributed by atoms with van der Waals surface area (Å²) >= 11 is 0. The van der Waals surface area contributed by atoms with Crippen LogP contribution in [0.4, 0.5) is 11.4 Å². The number of nitrogens with one attached hydrogen (secondary N) is 1. The number of carbonyl (C=O) groups excluding carboxylic acids is 1. The van der Waals surface area contributed by atoms with Gasteiger partial charge in [0.1, 0.15) is 0 Å². The first-order valence-electron chi connectivity index (χ1n) is 7.53. The van der Waals surface area contributed by atoms with Crippen LogP contribution in [0.1, 0.15) is 22.7 Å². The van der Waals surface area contributed by atoms with Crippen LogP contribution in [0.5, 0.6) is 0 Å². The van der Waals surface area contributed by atoms with Gasteiger partial charge in [-0.1, -0.05) is 24.3 Å². The Kier molecular flexibility index (Phi) is 3.12. The minimum Gasteiger partial charge on any atom is -0.325 e. The summed E-state index contributed by atoms with van der Waals surface area (Å²) in [6, 6.07) is 12.6. The second kappa shape index (κ2) is 5.17. The van der Waals surface area contributed by atoms with Crippen LogP contribution in [-0.4, -0.2) is 28.8 Å². The predicted molar refractivity (Wildman–Crippen MR) is 85.3 cm³/mol. The zero-order chi connectivity index (χ0) is 16.0. The quantitative estimate of drug-likeness (QED) is 0.648. The SMILES string of the molecule is O=C1CN2CCc3ccccc3[C@H]2c2cc([N+](=O)[O-])ccc2N1. The van der Waals surface area contributed by atoms with Gasteiger partial charge in [0.25, 0.3) is 5.69 Å². The molecule has 2 aliphatic rings. The molecular weight excluding hydrogens is 294 g/mol. The van der Waals surface area contributed by atoms with Crippen LogP contribution >= 0.6 is 0 Å². The highest BCUT2D eigenvalue weighted by atomic mass is 16.6. The molecule has 0 fully saturated rings. The Morgan fingerprint density at radius 3 is 2.83 bits per heavy atom. The van der Waals surface area contributed by atoms with E-state index in [1.807, 2.05) is 18.2 Å². The number of non-ortho nitro benzene ring substituents is 1. The van der Waals surface area contributed by atoms with Crippen LogP contribution in [0.2, 0.25) is 0 Å². The Morgan fingerprint density at radius 2 is 2.00 bits per heavy atom. The van der Waals surface area contributed by atoms with Crippen molar-refractivity contribution in [3.8, 4) is 0 Å². The van der Waals surface area contributed by atoms with E-state index >= 15 is 0 Å². The zero-order valence-electron chi connectivity index (χ0n) is 12.4. The predicted octanol–water partition coefficient (Wildman–Crippen LogP) is 2.49. The third-order valence-corrected chi connectivity index (χ3v) is 4.54. The molecule has 6 nitrogen and oxygen atoms in total. The first kappa shape index (κ1) is 13.9. The average Bonchev–Trinajstić information content (AvgIpc) is 2.69. The third kappa shape index (κ3) is 2.27. The van der Waals surface area contributed by atoms with Gasteiger partial charge in [-0.2, -0.15) is 0 Å². The summed E-state index contributed by atoms with van der Waals surface area (Å²) in [6.45, 7) is 1.05. The summed E-state index contributed by atoms with van der Waals surface area (Å²) in [5, 5.41) is 14.0. The lowest BCUT2D eigenvalue weighted by Gasteiger charge is -2.35. The van der Waals surface area contributed by atoms with Gasteiger partial charge < -0.3 is 5.32 Å². The fourth-order valence-electron chi connectivity index (χ4n) is 3.53. The van der Waals surface area contributed by atoms with Gasteiger partial charge in [-0.05, 0) is 23.6 Å². The van der Waals surface area contributed by atoms with E-state index in [-0.39, 0.29) is 17.6 Å². The van der Waals surface area contributed by atoms with Crippen molar-refractivity contribution >= 4 is 17.3 Å². The summed E-state index contributed by atoms with van der Waals surface area (Å²) in [5.41, 5.74) is 3.85. The molecule has 2 heterocycles. The van der Waals surface area contributed by atoms with Crippen LogP contribution in [0.15, 0.2) is 42.5 Å². The number of rotatable bonds is 1. The minimum absolute atomic E-state index is 0.0444. The number of hydrogen-bond donors (Lipinski definition) is 1. The molecule has 1 N–H and O–H groups in total. The van der Waals surface area contributed by atoms with Crippen molar-refractivity contribution in [2.45, 2.75) is 12.5 Å². The average molecular weight is 309 g/mol. The first-order chi connectivity index (χ1) is 11.1. The van der Waals surface area contributed by atoms with E-state index in [4.69, 9.17) is 0 Å². The van der Waals surface area contributed by atoms with E-state index < -0.39 is 4.92 Å². The molecule has 2 aromatic rings. The van der Waals surface area contributed by atoms with Crippen LogP contribution in [0.25, 0.3) is 0 Å². The molecular formula is C17H15N3O3. The molecule has 2 aliphatic heterocycles. The molecule has 0 saturated heterocycles. The van der Waals surface area contributed by atoms with Crippen LogP contribution in [0.3, 0.4) is 0 Å². The fraction of sp³-hybridized carbons (Fsp3) is 0.235. The number of carbonyl (C=O) groups is 1. The number of nitro groups is 1. The number of amides is 1. The van der Waals surface area contributed by atoms with E-state index in [9.17, 15) is 14.9 Å². The zero-order valence-corrected chi connectivity index (χ0v) is 12.4. The number of nitrogens with zero attached hydrogens (tertiary/aromatic N) is 2. The molecule has 23 heavy (non-hydrogen) atoms. The summed E-state index contributed by atoms with van der Waals surface area (Å²) in [4.78, 5) is 25.0. The molecule has 2 aromatic carbocycles. The fourth-order valence-corrected chi connectivity index (χ4v) is 3.53. The van der Waals surface area contributed by atoms with Crippen molar-refractivity contribution < 1.29 is 9.72 Å². The second-order valence-electron chi connectivity index (χ2n) is 5.90. The summed E-state index contributed by atoms with van der Waals surface area (Å²) < 4.78 is 0. The van der Waals surface area contributed by atoms with Gasteiger partial charge in [-0.25, -0.2) is 0 Å². The summed E-state index contributed by atoms with van der Waals surface area (Å²) in [5.74, 6) is -0.0815. The van der Waals surface area contributed by atoms with E-state index in [2.05, 4.69) is 16.3 Å². The Balaban J connectivity index is 1.94. The van der Waals surface area contributed by atoms with Crippen molar-refractivity contribution in [2.24, 2.45) is 0 Å². The van der Waals surface area contributed by atoms with Gasteiger partial charge >= 0.3 is 0 Å². The molecule has 1 atom stereocenters. The van der Waals surface area contributed by atoms with Crippen LogP contribution < -0.4 is 5.32 Å². The molecule has 0 radical (unpaired) electrons. The van der Waals surface area contributed by atoms with Gasteiger partial charge in [0.2, 0.25) is 5.91 Å². The largest absolute Gasteiger partial charge is 0.325 e.